The highest BCUT2D eigenvalue weighted by Crippen LogP contribution is 2.12. The molecule has 0 unspecified atom stereocenters. The highest BCUT2D eigenvalue weighted by atomic mass is 16.6. The van der Waals surface area contributed by atoms with E-state index < -0.39 is 60.6 Å². The average molecular weight is 721 g/mol. The van der Waals surface area contributed by atoms with E-state index in [2.05, 4.69) is 40.5 Å². The van der Waals surface area contributed by atoms with Gasteiger partial charge >= 0.3 is 11.9 Å². The normalized spacial score (nSPS) is 14.2. The summed E-state index contributed by atoms with van der Waals surface area (Å²) >= 11 is 0. The van der Waals surface area contributed by atoms with Crippen LogP contribution >= 0.6 is 0 Å². The number of anilines is 2. The minimum atomic E-state index is -0.876. The Labute approximate surface area is 289 Å². The molecule has 4 atom stereocenters. The Morgan fingerprint density at radius 1 is 0.765 bits per heavy atom. The van der Waals surface area contributed by atoms with Gasteiger partial charge in [0.2, 0.25) is 11.9 Å². The smallest absolute Gasteiger partial charge is 0.323 e. The average Bonchev–Trinajstić information content (AvgIpc) is 3.71. The molecule has 4 heterocycles. The molecule has 51 heavy (non-hydrogen) atoms. The Hall–Kier alpha value is -5.00. The lowest BCUT2D eigenvalue weighted by Gasteiger charge is -2.19. The molecule has 4 rings (SSSR count). The van der Waals surface area contributed by atoms with Crippen LogP contribution < -0.4 is 33.2 Å². The van der Waals surface area contributed by atoms with E-state index >= 15 is 0 Å². The van der Waals surface area contributed by atoms with Gasteiger partial charge in [0.25, 0.3) is 11.1 Å². The maximum absolute atomic E-state index is 12.7. The van der Waals surface area contributed by atoms with Crippen molar-refractivity contribution in [3.05, 3.63) is 33.4 Å². The molecule has 10 N–H and O–H groups in total. The van der Waals surface area contributed by atoms with Gasteiger partial charge in [-0.3, -0.25) is 38.3 Å². The van der Waals surface area contributed by atoms with Crippen molar-refractivity contribution < 1.29 is 38.7 Å². The fourth-order valence-electron chi connectivity index (χ4n) is 4.24. The second-order valence-corrected chi connectivity index (χ2v) is 12.1. The third-order valence-corrected chi connectivity index (χ3v) is 7.57. The van der Waals surface area contributed by atoms with E-state index in [9.17, 15) is 29.4 Å². The third-order valence-electron chi connectivity index (χ3n) is 7.57. The number of hydrogen-bond donors (Lipinski definition) is 8. The fraction of sp³-hybridized carbons (Fsp3) is 0.586. The Bertz CT molecular complexity index is 1750. The number of nitrogens with two attached hydrogens (primary N) is 2. The molecule has 0 radical (unpaired) electrons. The molecule has 0 aromatic carbocycles. The Balaban J connectivity index is 1.36. The summed E-state index contributed by atoms with van der Waals surface area (Å²) in [7, 11) is 0. The van der Waals surface area contributed by atoms with Gasteiger partial charge in [-0.15, -0.1) is 0 Å². The number of H-pyrrole nitrogens is 2. The molecule has 0 saturated carbocycles. The number of hydrogen-bond acceptors (Lipinski definition) is 18. The van der Waals surface area contributed by atoms with Crippen LogP contribution in [0.25, 0.3) is 22.3 Å². The second-order valence-electron chi connectivity index (χ2n) is 12.1. The molecule has 22 nitrogen and oxygen atoms in total. The van der Waals surface area contributed by atoms with Crippen molar-refractivity contribution in [3.8, 4) is 0 Å². The van der Waals surface area contributed by atoms with Crippen LogP contribution in [0.4, 0.5) is 11.9 Å². The zero-order valence-electron chi connectivity index (χ0n) is 28.6. The Kier molecular flexibility index (Phi) is 13.5. The monoisotopic (exact) mass is 720 g/mol. The molecular weight excluding hydrogens is 676 g/mol. The minimum absolute atomic E-state index is 0.0275. The number of carbonyl (C=O) groups excluding carboxylic acids is 2. The van der Waals surface area contributed by atoms with Gasteiger partial charge in [0, 0.05) is 0 Å². The zero-order chi connectivity index (χ0) is 37.2. The molecule has 0 aliphatic carbocycles. The van der Waals surface area contributed by atoms with Crippen LogP contribution in [0.3, 0.4) is 0 Å². The van der Waals surface area contributed by atoms with E-state index in [1.165, 1.54) is 21.8 Å². The van der Waals surface area contributed by atoms with Gasteiger partial charge < -0.3 is 51.3 Å². The number of rotatable bonds is 20. The summed E-state index contributed by atoms with van der Waals surface area (Å²) in [6, 6.07) is -1.63. The molecule has 4 aromatic heterocycles. The molecule has 0 amide bonds. The standard InChI is InChI=1S/C29H44N12O10/c1-14(2)18(30)26(46)48-7-16(5-42)50-12-40-10-34-20-22(40)36-28(38-24(20)44)32-9-33-29-37-23-21(25(45)39-29)35-11-41(23)13-51-17(6-43)8-49-27(47)19(31)15(3)4/h10-11,14-19,42-43H,5-9,12-13,30-31H2,1-4H3,(H2,32,36,38,44)(H2,33,37,39,45)/t16-,17-,18-,19-/m0/s1. The van der Waals surface area contributed by atoms with E-state index in [4.69, 9.17) is 30.4 Å². The summed E-state index contributed by atoms with van der Waals surface area (Å²) in [4.78, 5) is 71.5. The van der Waals surface area contributed by atoms with Crippen LogP contribution in [0.5, 0.6) is 0 Å². The maximum Gasteiger partial charge on any atom is 0.323 e. The zero-order valence-corrected chi connectivity index (χ0v) is 28.6. The summed E-state index contributed by atoms with van der Waals surface area (Å²) in [6.07, 6.45) is 0.912. The number of aliphatic hydroxyl groups excluding tert-OH is 2. The lowest BCUT2D eigenvalue weighted by Crippen LogP contribution is -2.39. The first-order valence-electron chi connectivity index (χ1n) is 16.0. The molecule has 0 aliphatic rings. The van der Waals surface area contributed by atoms with E-state index in [0.717, 1.165) is 0 Å². The van der Waals surface area contributed by atoms with Gasteiger partial charge in [0.1, 0.15) is 51.0 Å². The van der Waals surface area contributed by atoms with E-state index in [1.807, 2.05) is 0 Å². The number of fused-ring (bicyclic) bond motifs is 2. The Morgan fingerprint density at radius 2 is 1.16 bits per heavy atom. The highest BCUT2D eigenvalue weighted by molar-refractivity contribution is 5.76. The number of nitrogens with zero attached hydrogens (tertiary/aromatic N) is 6. The summed E-state index contributed by atoms with van der Waals surface area (Å²) in [5.74, 6) is -1.40. The summed E-state index contributed by atoms with van der Waals surface area (Å²) in [5.41, 5.74) is 10.9. The third kappa shape index (κ3) is 10.0. The lowest BCUT2D eigenvalue weighted by molar-refractivity contribution is -0.153. The summed E-state index contributed by atoms with van der Waals surface area (Å²) < 4.78 is 24.5. The van der Waals surface area contributed by atoms with Gasteiger partial charge in [-0.25, -0.2) is 9.97 Å². The first-order chi connectivity index (χ1) is 24.3. The highest BCUT2D eigenvalue weighted by Gasteiger charge is 2.22. The molecule has 0 aliphatic heterocycles. The molecule has 22 heteroatoms. The number of imidazole rings is 2. The molecule has 280 valence electrons. The molecule has 0 bridgehead atoms. The summed E-state index contributed by atoms with van der Waals surface area (Å²) in [6.45, 7) is 5.32. The minimum Gasteiger partial charge on any atom is -0.462 e. The largest absolute Gasteiger partial charge is 0.462 e. The number of aliphatic hydroxyl groups is 2. The lowest BCUT2D eigenvalue weighted by atomic mass is 10.1. The molecule has 4 aromatic rings. The van der Waals surface area contributed by atoms with Crippen molar-refractivity contribution in [2.45, 2.75) is 65.4 Å². The van der Waals surface area contributed by atoms with Crippen LogP contribution in [-0.2, 0) is 42.0 Å². The predicted octanol–water partition coefficient (Wildman–Crippen LogP) is -2.24. The van der Waals surface area contributed by atoms with Crippen molar-refractivity contribution in [3.63, 3.8) is 0 Å². The number of aromatic nitrogens is 8. The summed E-state index contributed by atoms with van der Waals surface area (Å²) in [5, 5.41) is 25.1. The number of esters is 2. The fourth-order valence-corrected chi connectivity index (χ4v) is 4.24. The van der Waals surface area contributed by atoms with Crippen molar-refractivity contribution in [1.82, 2.24) is 39.0 Å². The SMILES string of the molecule is CC(C)[C@H](N)C(=O)OC[C@H](CO)OCn1cnc2c(=O)[nH]c(NCNc3nc4c(ncn4CO[C@@H](CO)COC(=O)[C@@H](N)C(C)C)c(=O)[nH]3)nc21. The second kappa shape index (κ2) is 17.8. The van der Waals surface area contributed by atoms with Crippen molar-refractivity contribution in [2.24, 2.45) is 23.3 Å². The molecule has 0 saturated heterocycles. The van der Waals surface area contributed by atoms with Crippen LogP contribution in [0, 0.1) is 11.8 Å². The van der Waals surface area contributed by atoms with Gasteiger partial charge in [-0.05, 0) is 11.8 Å². The number of carbonyl (C=O) groups is 2. The number of ether oxygens (including phenoxy) is 4. The quantitative estimate of drug-likeness (QED) is 0.0353. The van der Waals surface area contributed by atoms with E-state index in [-0.39, 0.29) is 79.4 Å². The number of aromatic amines is 2. The van der Waals surface area contributed by atoms with E-state index in [0.29, 0.717) is 0 Å². The van der Waals surface area contributed by atoms with Gasteiger partial charge in [0.05, 0.1) is 32.5 Å². The first kappa shape index (κ1) is 38.8. The van der Waals surface area contributed by atoms with Crippen LogP contribution in [0.1, 0.15) is 27.7 Å². The van der Waals surface area contributed by atoms with Crippen LogP contribution in [0.2, 0.25) is 0 Å². The first-order valence-corrected chi connectivity index (χ1v) is 16.0. The van der Waals surface area contributed by atoms with Gasteiger partial charge in [-0.2, -0.15) is 9.97 Å². The van der Waals surface area contributed by atoms with Crippen LogP contribution in [-0.4, -0.2) is 119 Å². The van der Waals surface area contributed by atoms with Gasteiger partial charge in [-0.1, -0.05) is 27.7 Å². The topological polar surface area (TPSA) is 315 Å². The maximum atomic E-state index is 12.7. The molecule has 0 spiro atoms. The van der Waals surface area contributed by atoms with E-state index in [1.54, 1.807) is 27.7 Å². The number of nitrogens with one attached hydrogen (secondary N) is 4. The van der Waals surface area contributed by atoms with Crippen LogP contribution in [0.15, 0.2) is 22.2 Å². The van der Waals surface area contributed by atoms with Crippen molar-refractivity contribution >= 4 is 46.2 Å². The molecule has 0 fully saturated rings. The van der Waals surface area contributed by atoms with Crippen molar-refractivity contribution in [2.75, 3.05) is 43.7 Å². The predicted molar refractivity (Wildman–Crippen MR) is 180 cm³/mol. The van der Waals surface area contributed by atoms with Gasteiger partial charge in [0.15, 0.2) is 22.3 Å². The molecular formula is C29H44N12O10. The van der Waals surface area contributed by atoms with Crippen molar-refractivity contribution in [1.29, 1.82) is 0 Å². The Morgan fingerprint density at radius 3 is 1.51 bits per heavy atom.